The number of aromatic nitrogens is 4. The monoisotopic (exact) mass is 567 g/mol. The summed E-state index contributed by atoms with van der Waals surface area (Å²) >= 11 is 6.06. The Morgan fingerprint density at radius 1 is 1.18 bits per heavy atom. The average molecular weight is 568 g/mol. The zero-order chi connectivity index (χ0) is 28.6. The fourth-order valence-electron chi connectivity index (χ4n) is 4.84. The first-order chi connectivity index (χ1) is 19.1. The first kappa shape index (κ1) is 27.1. The summed E-state index contributed by atoms with van der Waals surface area (Å²) in [4.78, 5) is 35.0. The number of piperidine rings is 1. The summed E-state index contributed by atoms with van der Waals surface area (Å²) in [7, 11) is 1.58. The molecule has 0 aliphatic carbocycles. The highest BCUT2D eigenvalue weighted by atomic mass is 35.5. The number of hydrogen-bond acceptors (Lipinski definition) is 7. The molecule has 1 aliphatic heterocycles. The molecule has 1 aliphatic rings. The molecule has 0 atom stereocenters. The second kappa shape index (κ2) is 10.6. The van der Waals surface area contributed by atoms with E-state index in [1.165, 1.54) is 12.1 Å². The molecule has 0 spiro atoms. The van der Waals surface area contributed by atoms with Crippen LogP contribution in [0, 0.1) is 5.82 Å². The predicted molar refractivity (Wildman–Crippen MR) is 147 cm³/mol. The Bertz CT molecular complexity index is 1600. The van der Waals surface area contributed by atoms with Crippen molar-refractivity contribution in [2.24, 2.45) is 5.73 Å². The summed E-state index contributed by atoms with van der Waals surface area (Å²) in [5.41, 5.74) is 6.70. The summed E-state index contributed by atoms with van der Waals surface area (Å²) in [5, 5.41) is 16.3. The van der Waals surface area contributed by atoms with Gasteiger partial charge in [0.1, 0.15) is 17.0 Å². The van der Waals surface area contributed by atoms with E-state index in [9.17, 15) is 14.7 Å². The highest BCUT2D eigenvalue weighted by Crippen LogP contribution is 2.34. The van der Waals surface area contributed by atoms with Gasteiger partial charge in [0, 0.05) is 24.2 Å². The molecule has 11 nitrogen and oxygen atoms in total. The number of benzene rings is 2. The lowest BCUT2D eigenvalue weighted by Gasteiger charge is -2.39. The summed E-state index contributed by atoms with van der Waals surface area (Å²) in [6.07, 6.45) is -0.152. The van der Waals surface area contributed by atoms with E-state index in [0.717, 1.165) is 5.56 Å². The molecule has 0 bridgehead atoms. The highest BCUT2D eigenvalue weighted by molar-refractivity contribution is 6.31. The van der Waals surface area contributed by atoms with Crippen LogP contribution in [0.1, 0.15) is 35.8 Å². The first-order valence-electron chi connectivity index (χ1n) is 12.5. The van der Waals surface area contributed by atoms with Gasteiger partial charge in [0.15, 0.2) is 23.0 Å². The van der Waals surface area contributed by atoms with E-state index in [1.807, 2.05) is 36.1 Å². The molecule has 4 N–H and O–H groups in total. The lowest BCUT2D eigenvalue weighted by molar-refractivity contribution is 0.0996. The summed E-state index contributed by atoms with van der Waals surface area (Å²) in [6.45, 7) is 2.91. The van der Waals surface area contributed by atoms with Gasteiger partial charge in [-0.25, -0.2) is 23.8 Å². The van der Waals surface area contributed by atoms with Crippen LogP contribution in [0.15, 0.2) is 42.5 Å². The number of hydrogen-bond donors (Lipinski definition) is 3. The number of ether oxygens (including phenoxy) is 1. The molecule has 2 aromatic heterocycles. The Morgan fingerprint density at radius 3 is 2.50 bits per heavy atom. The van der Waals surface area contributed by atoms with Crippen LogP contribution in [0.2, 0.25) is 5.02 Å². The van der Waals surface area contributed by atoms with Gasteiger partial charge < -0.3 is 25.8 Å². The Hall–Kier alpha value is -4.45. The number of carbonyl (C=O) groups excluding carboxylic acids is 1. The molecule has 40 heavy (non-hydrogen) atoms. The number of nitrogens with two attached hydrogens (primary N) is 1. The largest absolute Gasteiger partial charge is 0.497 e. The van der Waals surface area contributed by atoms with Crippen LogP contribution in [0.25, 0.3) is 22.4 Å². The van der Waals surface area contributed by atoms with E-state index < -0.39 is 23.4 Å². The fraction of sp³-hybridized carbons (Fsp3) is 0.296. The van der Waals surface area contributed by atoms with E-state index in [2.05, 4.69) is 15.4 Å². The maximum Gasteiger partial charge on any atom is 0.405 e. The van der Waals surface area contributed by atoms with Crippen LogP contribution in [-0.4, -0.2) is 62.6 Å². The predicted octanol–water partition coefficient (Wildman–Crippen LogP) is 4.07. The normalized spacial score (nSPS) is 14.8. The van der Waals surface area contributed by atoms with Crippen LogP contribution >= 0.6 is 11.6 Å². The van der Waals surface area contributed by atoms with Gasteiger partial charge >= 0.3 is 6.09 Å². The number of anilines is 1. The molecule has 13 heteroatoms. The topological polar surface area (TPSA) is 148 Å². The zero-order valence-electron chi connectivity index (χ0n) is 21.8. The van der Waals surface area contributed by atoms with Crippen LogP contribution < -0.4 is 20.7 Å². The SMILES string of the molecule is COc1ccc(Cn2nc(-c3cccc(Cl)c3F)c3nc(C(N)=O)c(N4CCC(C)(NC(=O)O)CC4)nc32)cc1. The van der Waals surface area contributed by atoms with Crippen molar-refractivity contribution in [2.45, 2.75) is 31.8 Å². The molecule has 4 aromatic rings. The maximum absolute atomic E-state index is 15.1. The standard InChI is InChI=1S/C27H27ClFN7O4/c1-27(33-26(38)39)10-12-35(13-11-27)24-22(23(30)37)31-21-20(17-4-3-5-18(28)19(17)29)34-36(25(21)32-24)14-15-6-8-16(40-2)9-7-15/h3-9,33H,10-14H2,1-2H3,(H2,30,37)(H,38,39). The number of carbonyl (C=O) groups is 2. The van der Waals surface area contributed by atoms with Crippen molar-refractivity contribution in [1.29, 1.82) is 0 Å². The van der Waals surface area contributed by atoms with E-state index in [4.69, 9.17) is 27.1 Å². The van der Waals surface area contributed by atoms with Gasteiger partial charge in [-0.3, -0.25) is 4.79 Å². The molecular weight excluding hydrogens is 541 g/mol. The van der Waals surface area contributed by atoms with Crippen molar-refractivity contribution in [3.63, 3.8) is 0 Å². The molecule has 2 aromatic carbocycles. The van der Waals surface area contributed by atoms with E-state index in [0.29, 0.717) is 37.3 Å². The molecule has 1 fully saturated rings. The Morgan fingerprint density at radius 2 is 1.88 bits per heavy atom. The molecule has 0 radical (unpaired) electrons. The van der Waals surface area contributed by atoms with Crippen molar-refractivity contribution in [3.05, 3.63) is 64.6 Å². The van der Waals surface area contributed by atoms with Gasteiger partial charge in [-0.05, 0) is 49.6 Å². The number of primary amides is 1. The summed E-state index contributed by atoms with van der Waals surface area (Å²) in [6, 6.07) is 11.9. The Kier molecular flexibility index (Phi) is 7.19. The van der Waals surface area contributed by atoms with Crippen LogP contribution in [-0.2, 0) is 6.54 Å². The number of amides is 2. The van der Waals surface area contributed by atoms with Gasteiger partial charge in [0.05, 0.1) is 18.7 Å². The van der Waals surface area contributed by atoms with Gasteiger partial charge in [0.25, 0.3) is 5.91 Å². The van der Waals surface area contributed by atoms with Gasteiger partial charge in [-0.15, -0.1) is 0 Å². The van der Waals surface area contributed by atoms with Crippen LogP contribution in [0.4, 0.5) is 15.0 Å². The Labute approximate surface area is 233 Å². The van der Waals surface area contributed by atoms with Crippen molar-refractivity contribution >= 4 is 40.6 Å². The molecular formula is C27H27ClFN7O4. The molecule has 3 heterocycles. The average Bonchev–Trinajstić information content (AvgIpc) is 3.26. The third-order valence-corrected chi connectivity index (χ3v) is 7.35. The third-order valence-electron chi connectivity index (χ3n) is 7.06. The molecule has 1 saturated heterocycles. The maximum atomic E-state index is 15.1. The molecule has 2 amide bonds. The molecule has 0 unspecified atom stereocenters. The van der Waals surface area contributed by atoms with Gasteiger partial charge in [-0.2, -0.15) is 5.10 Å². The second-order valence-electron chi connectivity index (χ2n) is 9.87. The quantitative estimate of drug-likeness (QED) is 0.303. The molecule has 5 rings (SSSR count). The fourth-order valence-corrected chi connectivity index (χ4v) is 5.01. The summed E-state index contributed by atoms with van der Waals surface area (Å²) in [5.74, 6) is -0.528. The van der Waals surface area contributed by atoms with E-state index in [-0.39, 0.29) is 39.9 Å². The lowest BCUT2D eigenvalue weighted by Crippen LogP contribution is -2.53. The number of fused-ring (bicyclic) bond motifs is 1. The Balaban J connectivity index is 1.64. The molecule has 208 valence electrons. The van der Waals surface area contributed by atoms with Crippen molar-refractivity contribution in [3.8, 4) is 17.0 Å². The number of nitrogens with one attached hydrogen (secondary N) is 1. The minimum absolute atomic E-state index is 0.0820. The number of rotatable bonds is 7. The minimum Gasteiger partial charge on any atom is -0.497 e. The van der Waals surface area contributed by atoms with Crippen molar-refractivity contribution in [2.75, 3.05) is 25.1 Å². The van der Waals surface area contributed by atoms with E-state index in [1.54, 1.807) is 17.9 Å². The van der Waals surface area contributed by atoms with E-state index >= 15 is 4.39 Å². The third kappa shape index (κ3) is 5.22. The summed E-state index contributed by atoms with van der Waals surface area (Å²) < 4.78 is 22.0. The van der Waals surface area contributed by atoms with Gasteiger partial charge in [-0.1, -0.05) is 29.8 Å². The van der Waals surface area contributed by atoms with Crippen LogP contribution in [0.3, 0.4) is 0 Å². The molecule has 0 saturated carbocycles. The number of halogens is 2. The van der Waals surface area contributed by atoms with Gasteiger partial charge in [0.2, 0.25) is 0 Å². The highest BCUT2D eigenvalue weighted by Gasteiger charge is 2.34. The van der Waals surface area contributed by atoms with Crippen molar-refractivity contribution < 1.29 is 23.8 Å². The number of methoxy groups -OCH3 is 1. The smallest absolute Gasteiger partial charge is 0.405 e. The van der Waals surface area contributed by atoms with Crippen molar-refractivity contribution in [1.82, 2.24) is 25.1 Å². The second-order valence-corrected chi connectivity index (χ2v) is 10.3. The lowest BCUT2D eigenvalue weighted by atomic mass is 9.89. The minimum atomic E-state index is -1.10. The number of carboxylic acid groups (broad SMARTS) is 1. The van der Waals surface area contributed by atoms with Crippen LogP contribution in [0.5, 0.6) is 5.75 Å². The first-order valence-corrected chi connectivity index (χ1v) is 12.9. The zero-order valence-corrected chi connectivity index (χ0v) is 22.6. The number of nitrogens with zero attached hydrogens (tertiary/aromatic N) is 5.